The zero-order valence-corrected chi connectivity index (χ0v) is 15.7. The van der Waals surface area contributed by atoms with Gasteiger partial charge in [-0.05, 0) is 43.9 Å². The molecule has 0 spiro atoms. The molecule has 2 heterocycles. The van der Waals surface area contributed by atoms with Gasteiger partial charge in [0.2, 0.25) is 11.8 Å². The summed E-state index contributed by atoms with van der Waals surface area (Å²) in [4.78, 5) is 37.3. The van der Waals surface area contributed by atoms with E-state index in [-0.39, 0.29) is 17.9 Å². The van der Waals surface area contributed by atoms with E-state index in [4.69, 9.17) is 4.74 Å². The largest absolute Gasteiger partial charge is 0.489 e. The number of amides is 2. The molecule has 146 valence electrons. The third-order valence-electron chi connectivity index (χ3n) is 5.48. The number of carbonyl (C=O) groups is 3. The zero-order valence-electron chi connectivity index (χ0n) is 15.7. The van der Waals surface area contributed by atoms with Gasteiger partial charge in [-0.25, -0.2) is 0 Å². The Labute approximate surface area is 159 Å². The van der Waals surface area contributed by atoms with E-state index in [9.17, 15) is 14.4 Å². The number of carbonyl (C=O) groups excluding carboxylic acids is 3. The maximum atomic E-state index is 12.3. The number of nitrogens with one attached hydrogen (secondary N) is 1. The monoisotopic (exact) mass is 373 g/mol. The first kappa shape index (κ1) is 19.4. The molecule has 1 aliphatic carbocycles. The molecule has 2 fully saturated rings. The minimum Gasteiger partial charge on any atom is -0.489 e. The Kier molecular flexibility index (Phi) is 6.11. The van der Waals surface area contributed by atoms with Crippen LogP contribution in [0.1, 0.15) is 50.0 Å². The fourth-order valence-corrected chi connectivity index (χ4v) is 4.17. The Hall–Kier alpha value is -2.41. The molecular formula is C20H27N3O4. The molecule has 1 atom stereocenters. The maximum absolute atomic E-state index is 12.3. The third kappa shape index (κ3) is 3.98. The van der Waals surface area contributed by atoms with Crippen LogP contribution in [-0.2, 0) is 14.4 Å². The summed E-state index contributed by atoms with van der Waals surface area (Å²) < 4.78 is 5.99. The molecule has 7 heteroatoms. The van der Waals surface area contributed by atoms with Crippen LogP contribution in [0.15, 0.2) is 18.2 Å². The van der Waals surface area contributed by atoms with Crippen LogP contribution >= 0.6 is 0 Å². The number of nitrogens with two attached hydrogens (primary N) is 1. The number of rotatable bonds is 2. The molecule has 4 rings (SSSR count). The number of benzene rings is 1. The molecule has 3 N–H and O–H groups in total. The second-order valence-electron chi connectivity index (χ2n) is 7.02. The first-order valence-corrected chi connectivity index (χ1v) is 9.59. The summed E-state index contributed by atoms with van der Waals surface area (Å²) in [5.41, 5.74) is 6.57. The summed E-state index contributed by atoms with van der Waals surface area (Å²) in [5.74, 6) is 1.09. The van der Waals surface area contributed by atoms with Crippen LogP contribution in [0.25, 0.3) is 0 Å². The highest BCUT2D eigenvalue weighted by atomic mass is 16.5. The average molecular weight is 373 g/mol. The molecule has 7 nitrogen and oxygen atoms in total. The minimum absolute atomic E-state index is 0.199. The van der Waals surface area contributed by atoms with Crippen LogP contribution < -0.4 is 20.7 Å². The number of para-hydroxylation sites is 1. The standard InChI is InChI=1S/C19H22N2O4.CH5N/c22-13-6-4-12(5-7-13)14-2-1-3-15-18(14)25-11-10-21(15)16-8-9-17(23)20-19(16)24;1-2/h1-3,12,16H,4-11H2,(H,20,23,24);2H2,1H3. The van der Waals surface area contributed by atoms with Crippen molar-refractivity contribution in [3.8, 4) is 5.75 Å². The molecule has 1 aromatic carbocycles. The summed E-state index contributed by atoms with van der Waals surface area (Å²) in [6, 6.07) is 5.73. The zero-order chi connectivity index (χ0) is 19.4. The molecule has 0 radical (unpaired) electrons. The fourth-order valence-electron chi connectivity index (χ4n) is 4.17. The van der Waals surface area contributed by atoms with Gasteiger partial charge in [0.25, 0.3) is 0 Å². The average Bonchev–Trinajstić information content (AvgIpc) is 2.70. The summed E-state index contributed by atoms with van der Waals surface area (Å²) in [6.45, 7) is 1.15. The van der Waals surface area contributed by atoms with Crippen LogP contribution in [0.3, 0.4) is 0 Å². The highest BCUT2D eigenvalue weighted by molar-refractivity contribution is 6.02. The van der Waals surface area contributed by atoms with Gasteiger partial charge in [0.05, 0.1) is 12.2 Å². The number of hydrogen-bond acceptors (Lipinski definition) is 6. The molecule has 1 saturated heterocycles. The first-order chi connectivity index (χ1) is 13.1. The number of ketones is 1. The predicted octanol–water partition coefficient (Wildman–Crippen LogP) is 1.49. The lowest BCUT2D eigenvalue weighted by molar-refractivity contribution is -0.134. The van der Waals surface area contributed by atoms with Gasteiger partial charge in [-0.3, -0.25) is 19.7 Å². The molecule has 2 amide bonds. The van der Waals surface area contributed by atoms with Crippen molar-refractivity contribution in [2.75, 3.05) is 25.1 Å². The quantitative estimate of drug-likeness (QED) is 0.762. The van der Waals surface area contributed by atoms with E-state index >= 15 is 0 Å². The van der Waals surface area contributed by atoms with Crippen LogP contribution in [-0.4, -0.2) is 43.8 Å². The van der Waals surface area contributed by atoms with E-state index in [0.29, 0.717) is 50.5 Å². The van der Waals surface area contributed by atoms with E-state index in [0.717, 1.165) is 29.8 Å². The van der Waals surface area contributed by atoms with Crippen molar-refractivity contribution in [3.63, 3.8) is 0 Å². The van der Waals surface area contributed by atoms with Crippen LogP contribution in [0.4, 0.5) is 5.69 Å². The Morgan fingerprint density at radius 2 is 1.81 bits per heavy atom. The van der Waals surface area contributed by atoms with Gasteiger partial charge in [-0.1, -0.05) is 12.1 Å². The van der Waals surface area contributed by atoms with Gasteiger partial charge in [0.1, 0.15) is 24.2 Å². The van der Waals surface area contributed by atoms with E-state index < -0.39 is 0 Å². The highest BCUT2D eigenvalue weighted by Gasteiger charge is 2.36. The number of Topliss-reactive ketones (excluding diaryl/α,β-unsaturated/α-hetero) is 1. The lowest BCUT2D eigenvalue weighted by atomic mass is 9.82. The molecule has 3 aliphatic rings. The molecule has 0 aromatic heterocycles. The SMILES string of the molecule is CN.O=C1CCC(c2cccc3c2OCCN3C2CCC(=O)NC2=O)CC1. The van der Waals surface area contributed by atoms with E-state index in [1.165, 1.54) is 7.05 Å². The van der Waals surface area contributed by atoms with Crippen LogP contribution in [0.2, 0.25) is 0 Å². The Morgan fingerprint density at radius 3 is 2.52 bits per heavy atom. The highest BCUT2D eigenvalue weighted by Crippen LogP contribution is 2.43. The minimum atomic E-state index is -0.330. The number of imide groups is 1. The molecular weight excluding hydrogens is 346 g/mol. The summed E-state index contributed by atoms with van der Waals surface area (Å²) in [6.07, 6.45) is 3.88. The molecule has 1 unspecified atom stereocenters. The van der Waals surface area contributed by atoms with Crippen LogP contribution in [0.5, 0.6) is 5.75 Å². The molecule has 2 aliphatic heterocycles. The summed E-state index contributed by atoms with van der Waals surface area (Å²) in [7, 11) is 1.50. The smallest absolute Gasteiger partial charge is 0.249 e. The Balaban J connectivity index is 0.00000102. The summed E-state index contributed by atoms with van der Waals surface area (Å²) in [5, 5.41) is 2.44. The number of hydrogen-bond donors (Lipinski definition) is 2. The Morgan fingerprint density at radius 1 is 1.07 bits per heavy atom. The fraction of sp³-hybridized carbons (Fsp3) is 0.550. The molecule has 0 bridgehead atoms. The van der Waals surface area contributed by atoms with Crippen molar-refractivity contribution in [2.24, 2.45) is 5.73 Å². The number of piperidine rings is 1. The number of fused-ring (bicyclic) bond motifs is 1. The molecule has 1 saturated carbocycles. The second kappa shape index (κ2) is 8.52. The van der Waals surface area contributed by atoms with Gasteiger partial charge in [-0.15, -0.1) is 0 Å². The third-order valence-corrected chi connectivity index (χ3v) is 5.48. The predicted molar refractivity (Wildman–Crippen MR) is 102 cm³/mol. The van der Waals surface area contributed by atoms with Crippen molar-refractivity contribution in [3.05, 3.63) is 23.8 Å². The van der Waals surface area contributed by atoms with Crippen molar-refractivity contribution < 1.29 is 19.1 Å². The van der Waals surface area contributed by atoms with E-state index in [1.54, 1.807) is 0 Å². The lowest BCUT2D eigenvalue weighted by Gasteiger charge is -2.39. The van der Waals surface area contributed by atoms with Crippen LogP contribution in [0, 0.1) is 0 Å². The lowest BCUT2D eigenvalue weighted by Crippen LogP contribution is -2.54. The van der Waals surface area contributed by atoms with E-state index in [2.05, 4.69) is 22.0 Å². The second-order valence-corrected chi connectivity index (χ2v) is 7.02. The van der Waals surface area contributed by atoms with Crippen molar-refractivity contribution in [1.82, 2.24) is 5.32 Å². The van der Waals surface area contributed by atoms with Crippen molar-refractivity contribution in [1.29, 1.82) is 0 Å². The van der Waals surface area contributed by atoms with Gasteiger partial charge < -0.3 is 15.4 Å². The topological polar surface area (TPSA) is 102 Å². The van der Waals surface area contributed by atoms with Crippen molar-refractivity contribution in [2.45, 2.75) is 50.5 Å². The molecule has 27 heavy (non-hydrogen) atoms. The first-order valence-electron chi connectivity index (χ1n) is 9.59. The van der Waals surface area contributed by atoms with Gasteiger partial charge in [0, 0.05) is 19.3 Å². The van der Waals surface area contributed by atoms with Gasteiger partial charge >= 0.3 is 0 Å². The normalized spacial score (nSPS) is 23.0. The van der Waals surface area contributed by atoms with Crippen molar-refractivity contribution >= 4 is 23.3 Å². The van der Waals surface area contributed by atoms with Gasteiger partial charge in [0.15, 0.2) is 0 Å². The number of nitrogens with zero attached hydrogens (tertiary/aromatic N) is 1. The van der Waals surface area contributed by atoms with Gasteiger partial charge in [-0.2, -0.15) is 0 Å². The number of anilines is 1. The van der Waals surface area contributed by atoms with E-state index in [1.807, 2.05) is 12.1 Å². The summed E-state index contributed by atoms with van der Waals surface area (Å²) >= 11 is 0. The molecule has 1 aromatic rings. The number of ether oxygens (including phenoxy) is 1. The Bertz CT molecular complexity index is 724. The maximum Gasteiger partial charge on any atom is 0.249 e.